The van der Waals surface area contributed by atoms with E-state index in [1.165, 1.54) is 19.2 Å². The van der Waals surface area contributed by atoms with Crippen LogP contribution in [0.3, 0.4) is 0 Å². The Hall–Kier alpha value is -4.21. The van der Waals surface area contributed by atoms with Crippen molar-refractivity contribution in [3.05, 3.63) is 74.6 Å². The number of non-ortho nitro benzene ring substituents is 1. The number of hydrogen-bond acceptors (Lipinski definition) is 7. The summed E-state index contributed by atoms with van der Waals surface area (Å²) in [5.74, 6) is -1.43. The first-order valence-corrected chi connectivity index (χ1v) is 8.30. The van der Waals surface area contributed by atoms with Gasteiger partial charge in [-0.05, 0) is 12.1 Å². The summed E-state index contributed by atoms with van der Waals surface area (Å²) >= 11 is 0. The molecule has 0 bridgehead atoms. The third-order valence-electron chi connectivity index (χ3n) is 3.97. The fourth-order valence-corrected chi connectivity index (χ4v) is 2.67. The number of amides is 1. The first-order chi connectivity index (χ1) is 13.9. The molecule has 2 N–H and O–H groups in total. The second-order valence-corrected chi connectivity index (χ2v) is 5.86. The number of esters is 1. The lowest BCUT2D eigenvalue weighted by atomic mass is 10.1. The summed E-state index contributed by atoms with van der Waals surface area (Å²) in [5, 5.41) is 13.7. The molecule has 1 aromatic heterocycles. The molecule has 2 aromatic carbocycles. The van der Waals surface area contributed by atoms with Crippen molar-refractivity contribution in [3.8, 4) is 5.75 Å². The SMILES string of the molecule is COc1cc([N+](=O)[O-])ccc1NC(=O)COC(=O)c1cc(=O)[nH]c2ccccc12. The van der Waals surface area contributed by atoms with Crippen LogP contribution in [0, 0.1) is 10.1 Å². The second kappa shape index (κ2) is 8.21. The molecular weight excluding hydrogens is 382 g/mol. The van der Waals surface area contributed by atoms with Gasteiger partial charge in [0.1, 0.15) is 5.75 Å². The number of ether oxygens (including phenoxy) is 2. The first-order valence-electron chi connectivity index (χ1n) is 8.30. The Bertz CT molecular complexity index is 1170. The van der Waals surface area contributed by atoms with Crippen molar-refractivity contribution < 1.29 is 24.0 Å². The van der Waals surface area contributed by atoms with Gasteiger partial charge in [-0.3, -0.25) is 19.7 Å². The van der Waals surface area contributed by atoms with Gasteiger partial charge in [0.15, 0.2) is 6.61 Å². The van der Waals surface area contributed by atoms with Crippen molar-refractivity contribution in [1.82, 2.24) is 4.98 Å². The summed E-state index contributed by atoms with van der Waals surface area (Å²) in [6.07, 6.45) is 0. The second-order valence-electron chi connectivity index (χ2n) is 5.86. The molecular formula is C19H15N3O7. The van der Waals surface area contributed by atoms with Gasteiger partial charge in [-0.1, -0.05) is 18.2 Å². The number of hydrogen-bond donors (Lipinski definition) is 2. The lowest BCUT2D eigenvalue weighted by molar-refractivity contribution is -0.384. The first kappa shape index (κ1) is 19.5. The number of nitrogens with zero attached hydrogens (tertiary/aromatic N) is 1. The van der Waals surface area contributed by atoms with E-state index < -0.39 is 29.0 Å². The molecule has 148 valence electrons. The maximum Gasteiger partial charge on any atom is 0.339 e. The summed E-state index contributed by atoms with van der Waals surface area (Å²) in [7, 11) is 1.30. The van der Waals surface area contributed by atoms with Crippen molar-refractivity contribution >= 4 is 34.2 Å². The van der Waals surface area contributed by atoms with Crippen LogP contribution in [0.15, 0.2) is 53.3 Å². The Morgan fingerprint density at radius 3 is 2.66 bits per heavy atom. The van der Waals surface area contributed by atoms with Gasteiger partial charge in [-0.25, -0.2) is 4.79 Å². The number of aromatic nitrogens is 1. The Morgan fingerprint density at radius 1 is 1.17 bits per heavy atom. The molecule has 0 fully saturated rings. The number of fused-ring (bicyclic) bond motifs is 1. The van der Waals surface area contributed by atoms with E-state index in [-0.39, 0.29) is 22.7 Å². The fraction of sp³-hybridized carbons (Fsp3) is 0.105. The molecule has 29 heavy (non-hydrogen) atoms. The Morgan fingerprint density at radius 2 is 1.93 bits per heavy atom. The molecule has 3 rings (SSSR count). The highest BCUT2D eigenvalue weighted by Gasteiger charge is 2.17. The highest BCUT2D eigenvalue weighted by molar-refractivity contribution is 6.04. The zero-order chi connectivity index (χ0) is 21.0. The van der Waals surface area contributed by atoms with Gasteiger partial charge in [0, 0.05) is 23.0 Å². The van der Waals surface area contributed by atoms with Crippen LogP contribution in [0.2, 0.25) is 0 Å². The number of aromatic amines is 1. The molecule has 0 saturated heterocycles. The number of methoxy groups -OCH3 is 1. The summed E-state index contributed by atoms with van der Waals surface area (Å²) in [5.41, 5.74) is 0.000936. The molecule has 0 unspecified atom stereocenters. The van der Waals surface area contributed by atoms with Crippen molar-refractivity contribution in [1.29, 1.82) is 0 Å². The van der Waals surface area contributed by atoms with Crippen LogP contribution in [0.25, 0.3) is 10.9 Å². The average molecular weight is 397 g/mol. The predicted octanol–water partition coefficient (Wildman–Crippen LogP) is 2.24. The van der Waals surface area contributed by atoms with E-state index in [0.717, 1.165) is 12.1 Å². The zero-order valence-electron chi connectivity index (χ0n) is 15.1. The minimum absolute atomic E-state index is 0.0325. The molecule has 0 spiro atoms. The highest BCUT2D eigenvalue weighted by atomic mass is 16.6. The number of nitrogens with one attached hydrogen (secondary N) is 2. The molecule has 0 aliphatic carbocycles. The minimum Gasteiger partial charge on any atom is -0.494 e. The largest absolute Gasteiger partial charge is 0.494 e. The van der Waals surface area contributed by atoms with Crippen molar-refractivity contribution in [2.24, 2.45) is 0 Å². The van der Waals surface area contributed by atoms with Gasteiger partial charge in [0.2, 0.25) is 5.56 Å². The van der Waals surface area contributed by atoms with E-state index in [1.807, 2.05) is 0 Å². The third-order valence-corrected chi connectivity index (χ3v) is 3.97. The lowest BCUT2D eigenvalue weighted by Crippen LogP contribution is -2.22. The van der Waals surface area contributed by atoms with E-state index in [4.69, 9.17) is 9.47 Å². The highest BCUT2D eigenvalue weighted by Crippen LogP contribution is 2.28. The standard InChI is InChI=1S/C19H15N3O7/c1-28-16-8-11(22(26)27)6-7-15(16)21-18(24)10-29-19(25)13-9-17(23)20-14-5-3-2-4-12(13)14/h2-9H,10H2,1H3,(H,20,23)(H,21,24). The van der Waals surface area contributed by atoms with Crippen molar-refractivity contribution in [2.45, 2.75) is 0 Å². The Kier molecular flexibility index (Phi) is 5.54. The summed E-state index contributed by atoms with van der Waals surface area (Å²) in [4.78, 5) is 49.0. The topological polar surface area (TPSA) is 141 Å². The molecule has 1 heterocycles. The molecule has 0 aliphatic rings. The smallest absolute Gasteiger partial charge is 0.339 e. The van der Waals surface area contributed by atoms with Crippen LogP contribution in [0.5, 0.6) is 5.75 Å². The van der Waals surface area contributed by atoms with Gasteiger partial charge in [-0.2, -0.15) is 0 Å². The molecule has 1 amide bonds. The van der Waals surface area contributed by atoms with Crippen molar-refractivity contribution in [2.75, 3.05) is 19.0 Å². The maximum atomic E-state index is 12.4. The van der Waals surface area contributed by atoms with Gasteiger partial charge in [-0.15, -0.1) is 0 Å². The Balaban J connectivity index is 1.71. The number of H-pyrrole nitrogens is 1. The quantitative estimate of drug-likeness (QED) is 0.369. The zero-order valence-corrected chi connectivity index (χ0v) is 15.1. The van der Waals surface area contributed by atoms with Gasteiger partial charge >= 0.3 is 5.97 Å². The minimum atomic E-state index is -0.835. The van der Waals surface area contributed by atoms with E-state index in [9.17, 15) is 24.5 Å². The molecule has 10 nitrogen and oxygen atoms in total. The third kappa shape index (κ3) is 4.38. The Labute approximate surface area is 163 Å². The van der Waals surface area contributed by atoms with Crippen LogP contribution >= 0.6 is 0 Å². The number of nitro benzene ring substituents is 1. The summed E-state index contributed by atoms with van der Waals surface area (Å²) < 4.78 is 10.0. The molecule has 0 aliphatic heterocycles. The summed E-state index contributed by atoms with van der Waals surface area (Å²) in [6, 6.07) is 11.5. The fourth-order valence-electron chi connectivity index (χ4n) is 2.67. The molecule has 0 saturated carbocycles. The number of rotatable bonds is 6. The molecule has 0 atom stereocenters. The lowest BCUT2D eigenvalue weighted by Gasteiger charge is -2.11. The summed E-state index contributed by atoms with van der Waals surface area (Å²) in [6.45, 7) is -0.625. The van der Waals surface area contributed by atoms with Crippen LogP contribution in [0.1, 0.15) is 10.4 Å². The average Bonchev–Trinajstić information content (AvgIpc) is 2.71. The predicted molar refractivity (Wildman–Crippen MR) is 103 cm³/mol. The number of anilines is 1. The van der Waals surface area contributed by atoms with Crippen LogP contribution in [-0.2, 0) is 9.53 Å². The number of nitro groups is 1. The van der Waals surface area contributed by atoms with Crippen LogP contribution < -0.4 is 15.6 Å². The van der Waals surface area contributed by atoms with Gasteiger partial charge < -0.3 is 19.8 Å². The van der Waals surface area contributed by atoms with Crippen LogP contribution in [0.4, 0.5) is 11.4 Å². The number of para-hydroxylation sites is 1. The number of benzene rings is 2. The van der Waals surface area contributed by atoms with Crippen molar-refractivity contribution in [3.63, 3.8) is 0 Å². The number of carbonyl (C=O) groups excluding carboxylic acids is 2. The number of carbonyl (C=O) groups is 2. The molecule has 3 aromatic rings. The van der Waals surface area contributed by atoms with Gasteiger partial charge in [0.05, 0.1) is 29.4 Å². The number of pyridine rings is 1. The molecule has 0 radical (unpaired) electrons. The van der Waals surface area contributed by atoms with E-state index >= 15 is 0 Å². The van der Waals surface area contributed by atoms with E-state index in [1.54, 1.807) is 24.3 Å². The van der Waals surface area contributed by atoms with Gasteiger partial charge in [0.25, 0.3) is 11.6 Å². The van der Waals surface area contributed by atoms with E-state index in [0.29, 0.717) is 10.9 Å². The van der Waals surface area contributed by atoms with E-state index in [2.05, 4.69) is 10.3 Å². The molecule has 10 heteroatoms. The monoisotopic (exact) mass is 397 g/mol. The van der Waals surface area contributed by atoms with Crippen LogP contribution in [-0.4, -0.2) is 35.5 Å². The maximum absolute atomic E-state index is 12.4. The normalized spacial score (nSPS) is 10.4.